The molecule has 5 nitrogen and oxygen atoms in total. The number of ether oxygens (including phenoxy) is 3. The summed E-state index contributed by atoms with van der Waals surface area (Å²) in [6, 6.07) is 15.6. The normalized spacial score (nSPS) is 11.7. The van der Waals surface area contributed by atoms with E-state index in [9.17, 15) is 4.79 Å². The third-order valence-electron chi connectivity index (χ3n) is 4.61. The van der Waals surface area contributed by atoms with Crippen molar-refractivity contribution in [2.45, 2.75) is 6.92 Å². The number of benzene rings is 2. The number of para-hydroxylation sites is 1. The van der Waals surface area contributed by atoms with Gasteiger partial charge < -0.3 is 19.1 Å². The van der Waals surface area contributed by atoms with Crippen LogP contribution < -0.4 is 9.47 Å². The minimum Gasteiger partial charge on any atom is -0.492 e. The van der Waals surface area contributed by atoms with E-state index in [1.165, 1.54) is 11.3 Å². The summed E-state index contributed by atoms with van der Waals surface area (Å²) in [5, 5.41) is 0. The molecule has 6 heteroatoms. The summed E-state index contributed by atoms with van der Waals surface area (Å²) in [6.07, 6.45) is 0. The molecule has 0 saturated heterocycles. The minimum absolute atomic E-state index is 0.297. The summed E-state index contributed by atoms with van der Waals surface area (Å²) in [5.41, 5.74) is 2.88. The van der Waals surface area contributed by atoms with E-state index in [0.29, 0.717) is 18.1 Å². The van der Waals surface area contributed by atoms with Crippen molar-refractivity contribution in [1.29, 1.82) is 0 Å². The second-order valence-corrected chi connectivity index (χ2v) is 8.03. The Morgan fingerprint density at radius 2 is 1.86 bits per heavy atom. The largest absolute Gasteiger partial charge is 0.492 e. The van der Waals surface area contributed by atoms with Crippen molar-refractivity contribution in [3.8, 4) is 38.8 Å². The van der Waals surface area contributed by atoms with Crippen LogP contribution in [0.3, 0.4) is 0 Å². The molecule has 0 radical (unpaired) electrons. The fourth-order valence-electron chi connectivity index (χ4n) is 3.20. The van der Waals surface area contributed by atoms with Crippen LogP contribution in [-0.4, -0.2) is 44.7 Å². The van der Waals surface area contributed by atoms with Gasteiger partial charge in [-0.2, -0.15) is 0 Å². The number of hydrogen-bond acceptors (Lipinski definition) is 6. The molecule has 0 spiro atoms. The van der Waals surface area contributed by atoms with Crippen molar-refractivity contribution in [2.75, 3.05) is 33.9 Å². The number of carbonyl (C=O) groups excluding carboxylic acids is 1. The van der Waals surface area contributed by atoms with E-state index in [1.54, 1.807) is 0 Å². The second-order valence-electron chi connectivity index (χ2n) is 6.98. The van der Waals surface area contributed by atoms with Gasteiger partial charge in [0.05, 0.1) is 6.61 Å². The zero-order valence-electron chi connectivity index (χ0n) is 16.7. The maximum Gasteiger partial charge on any atom is 0.348 e. The highest BCUT2D eigenvalue weighted by Gasteiger charge is 2.25. The molecule has 1 aromatic heterocycles. The Bertz CT molecular complexity index is 1040. The summed E-state index contributed by atoms with van der Waals surface area (Å²) in [4.78, 5) is 16.0. The fourth-order valence-corrected chi connectivity index (χ4v) is 4.30. The van der Waals surface area contributed by atoms with E-state index in [2.05, 4.69) is 4.90 Å². The minimum atomic E-state index is -0.297. The van der Waals surface area contributed by atoms with E-state index >= 15 is 0 Å². The standard InChI is InChI=1S/C23H23NO4S/c1-4-26-23(25)21-14-18-16-7-5-6-8-19(16)28-20-13-15(27-12-11-24(2)3)9-10-17(20)22(18)29-21/h5-10,13-14H,4,11-12H2,1-3H3. The highest BCUT2D eigenvalue weighted by molar-refractivity contribution is 7.18. The predicted octanol–water partition coefficient (Wildman–Crippen LogP) is 5.30. The fraction of sp³-hybridized carbons (Fsp3) is 0.261. The smallest absolute Gasteiger partial charge is 0.348 e. The van der Waals surface area contributed by atoms with E-state index in [1.807, 2.05) is 69.6 Å². The summed E-state index contributed by atoms with van der Waals surface area (Å²) >= 11 is 1.43. The van der Waals surface area contributed by atoms with Crippen molar-refractivity contribution in [2.24, 2.45) is 0 Å². The van der Waals surface area contributed by atoms with Crippen LogP contribution in [0, 0.1) is 0 Å². The summed E-state index contributed by atoms with van der Waals surface area (Å²) in [5.74, 6) is 1.94. The molecule has 1 aliphatic heterocycles. The van der Waals surface area contributed by atoms with Gasteiger partial charge in [-0.05, 0) is 45.3 Å². The molecule has 2 heterocycles. The third-order valence-corrected chi connectivity index (χ3v) is 5.76. The van der Waals surface area contributed by atoms with Crippen LogP contribution in [0.1, 0.15) is 16.6 Å². The number of thiophene rings is 1. The zero-order valence-corrected chi connectivity index (χ0v) is 17.5. The first kappa shape index (κ1) is 19.5. The number of esters is 1. The van der Waals surface area contributed by atoms with Crippen LogP contribution >= 0.6 is 11.3 Å². The number of fused-ring (bicyclic) bond motifs is 5. The van der Waals surface area contributed by atoms with Crippen LogP contribution in [0.2, 0.25) is 0 Å². The van der Waals surface area contributed by atoms with Gasteiger partial charge in [-0.25, -0.2) is 4.79 Å². The molecule has 0 fully saturated rings. The molecule has 0 saturated carbocycles. The Morgan fingerprint density at radius 1 is 1.03 bits per heavy atom. The van der Waals surface area contributed by atoms with Crippen LogP contribution in [0.15, 0.2) is 48.5 Å². The maximum atomic E-state index is 12.3. The van der Waals surface area contributed by atoms with E-state index in [4.69, 9.17) is 14.2 Å². The first-order valence-electron chi connectivity index (χ1n) is 9.57. The van der Waals surface area contributed by atoms with E-state index in [-0.39, 0.29) is 5.97 Å². The lowest BCUT2D eigenvalue weighted by Gasteiger charge is -2.13. The Kier molecular flexibility index (Phi) is 5.56. The molecule has 3 aromatic rings. The first-order chi connectivity index (χ1) is 14.1. The van der Waals surface area contributed by atoms with Crippen LogP contribution in [0.25, 0.3) is 21.6 Å². The Balaban J connectivity index is 1.77. The Labute approximate surface area is 174 Å². The van der Waals surface area contributed by atoms with E-state index in [0.717, 1.165) is 45.4 Å². The lowest BCUT2D eigenvalue weighted by molar-refractivity contribution is 0.0532. The van der Waals surface area contributed by atoms with Gasteiger partial charge in [-0.1, -0.05) is 18.2 Å². The molecular weight excluding hydrogens is 386 g/mol. The quantitative estimate of drug-likeness (QED) is 0.404. The summed E-state index contributed by atoms with van der Waals surface area (Å²) in [6.45, 7) is 3.59. The monoisotopic (exact) mass is 409 g/mol. The zero-order chi connectivity index (χ0) is 20.4. The molecule has 4 rings (SSSR count). The van der Waals surface area contributed by atoms with Crippen molar-refractivity contribution in [3.63, 3.8) is 0 Å². The number of carbonyl (C=O) groups is 1. The highest BCUT2D eigenvalue weighted by atomic mass is 32.1. The molecule has 2 aromatic carbocycles. The van der Waals surface area contributed by atoms with Crippen LogP contribution in [0.4, 0.5) is 0 Å². The summed E-state index contributed by atoms with van der Waals surface area (Å²) < 4.78 is 17.4. The van der Waals surface area contributed by atoms with Gasteiger partial charge in [0.25, 0.3) is 0 Å². The molecule has 0 aliphatic carbocycles. The van der Waals surface area contributed by atoms with Gasteiger partial charge in [0.2, 0.25) is 0 Å². The molecule has 150 valence electrons. The predicted molar refractivity (Wildman–Crippen MR) is 115 cm³/mol. The van der Waals surface area contributed by atoms with Crippen molar-refractivity contribution in [1.82, 2.24) is 4.90 Å². The van der Waals surface area contributed by atoms with Gasteiger partial charge in [-0.3, -0.25) is 0 Å². The molecule has 0 amide bonds. The van der Waals surface area contributed by atoms with E-state index < -0.39 is 0 Å². The van der Waals surface area contributed by atoms with Crippen molar-refractivity contribution >= 4 is 17.3 Å². The van der Waals surface area contributed by atoms with Gasteiger partial charge >= 0.3 is 5.97 Å². The lowest BCUT2D eigenvalue weighted by atomic mass is 10.0. The van der Waals surface area contributed by atoms with Gasteiger partial charge in [0.15, 0.2) is 0 Å². The maximum absolute atomic E-state index is 12.3. The third kappa shape index (κ3) is 3.99. The molecular formula is C23H23NO4S. The Morgan fingerprint density at radius 3 is 2.66 bits per heavy atom. The molecule has 1 aliphatic rings. The summed E-state index contributed by atoms with van der Waals surface area (Å²) in [7, 11) is 4.03. The average molecular weight is 410 g/mol. The average Bonchev–Trinajstić information content (AvgIpc) is 3.09. The topological polar surface area (TPSA) is 48.0 Å². The number of likely N-dealkylation sites (N-methyl/N-ethyl adjacent to an activating group) is 1. The molecule has 0 unspecified atom stereocenters. The molecule has 0 bridgehead atoms. The number of nitrogens with zero attached hydrogens (tertiary/aromatic N) is 1. The van der Waals surface area contributed by atoms with Crippen LogP contribution in [-0.2, 0) is 4.74 Å². The van der Waals surface area contributed by atoms with Gasteiger partial charge in [-0.15, -0.1) is 11.3 Å². The molecule has 0 N–H and O–H groups in total. The van der Waals surface area contributed by atoms with Crippen molar-refractivity contribution < 1.29 is 19.0 Å². The van der Waals surface area contributed by atoms with Crippen LogP contribution in [0.5, 0.6) is 17.2 Å². The molecule has 29 heavy (non-hydrogen) atoms. The number of rotatable bonds is 6. The number of hydrogen-bond donors (Lipinski definition) is 0. The lowest BCUT2D eigenvalue weighted by Crippen LogP contribution is -2.19. The second kappa shape index (κ2) is 8.27. The van der Waals surface area contributed by atoms with Crippen molar-refractivity contribution in [3.05, 3.63) is 53.4 Å². The molecule has 0 atom stereocenters. The Hall–Kier alpha value is -2.83. The van der Waals surface area contributed by atoms with Gasteiger partial charge in [0.1, 0.15) is 28.7 Å². The highest BCUT2D eigenvalue weighted by Crippen LogP contribution is 2.50. The first-order valence-corrected chi connectivity index (χ1v) is 10.4. The SMILES string of the molecule is CCOC(=O)c1cc2c(s1)-c1ccc(OCCN(C)C)cc1Oc1ccccc1-2. The van der Waals surface area contributed by atoms with Gasteiger partial charge in [0, 0.05) is 34.2 Å².